The first kappa shape index (κ1) is 14.1. The lowest BCUT2D eigenvalue weighted by Crippen LogP contribution is -2.38. The van der Waals surface area contributed by atoms with Gasteiger partial charge in [0.05, 0.1) is 11.5 Å². The Kier molecular flexibility index (Phi) is 4.01. The number of anilines is 1. The Balaban J connectivity index is 1.97. The molecular formula is C12H15ClN2O3S. The number of carbonyl (C=O) groups excluding carboxylic acids is 1. The summed E-state index contributed by atoms with van der Waals surface area (Å²) in [6.45, 7) is 1.85. The smallest absolute Gasteiger partial charge is 0.319 e. The molecule has 0 aliphatic carbocycles. The van der Waals surface area contributed by atoms with Crippen LogP contribution in [0.15, 0.2) is 18.2 Å². The Hall–Kier alpha value is -1.27. The Labute approximate surface area is 117 Å². The Morgan fingerprint density at radius 3 is 2.79 bits per heavy atom. The zero-order valence-corrected chi connectivity index (χ0v) is 12.0. The van der Waals surface area contributed by atoms with Gasteiger partial charge < -0.3 is 10.6 Å². The number of hydrogen-bond acceptors (Lipinski definition) is 3. The lowest BCUT2D eigenvalue weighted by atomic mass is 10.2. The SMILES string of the molecule is Cc1ccc(Cl)cc1NC(=O)NC1CCS(=O)(=O)C1. The molecule has 0 aromatic heterocycles. The van der Waals surface area contributed by atoms with Gasteiger partial charge in [-0.3, -0.25) is 0 Å². The average Bonchev–Trinajstić information content (AvgIpc) is 2.63. The molecule has 1 aliphatic rings. The number of nitrogens with one attached hydrogen (secondary N) is 2. The maximum atomic E-state index is 11.8. The van der Waals surface area contributed by atoms with Gasteiger partial charge >= 0.3 is 6.03 Å². The fourth-order valence-electron chi connectivity index (χ4n) is 1.98. The molecule has 104 valence electrons. The van der Waals surface area contributed by atoms with E-state index in [-0.39, 0.29) is 17.5 Å². The van der Waals surface area contributed by atoms with Crippen LogP contribution in [0.3, 0.4) is 0 Å². The summed E-state index contributed by atoms with van der Waals surface area (Å²) in [5, 5.41) is 5.87. The minimum absolute atomic E-state index is 0.00888. The fraction of sp³-hybridized carbons (Fsp3) is 0.417. The summed E-state index contributed by atoms with van der Waals surface area (Å²) in [5.74, 6) is 0.142. The molecule has 0 bridgehead atoms. The third kappa shape index (κ3) is 3.84. The van der Waals surface area contributed by atoms with E-state index in [0.717, 1.165) is 5.56 Å². The molecule has 1 fully saturated rings. The van der Waals surface area contributed by atoms with Crippen LogP contribution in [0.4, 0.5) is 10.5 Å². The third-order valence-corrected chi connectivity index (χ3v) is 5.02. The van der Waals surface area contributed by atoms with Gasteiger partial charge in [-0.1, -0.05) is 17.7 Å². The van der Waals surface area contributed by atoms with Crippen molar-refractivity contribution in [3.05, 3.63) is 28.8 Å². The number of amides is 2. The molecule has 1 atom stereocenters. The molecule has 0 radical (unpaired) electrons. The van der Waals surface area contributed by atoms with Crippen LogP contribution >= 0.6 is 11.6 Å². The zero-order valence-electron chi connectivity index (χ0n) is 10.4. The molecule has 2 N–H and O–H groups in total. The predicted octanol–water partition coefficient (Wildman–Crippen LogP) is 1.96. The maximum Gasteiger partial charge on any atom is 0.319 e. The number of urea groups is 1. The monoisotopic (exact) mass is 302 g/mol. The largest absolute Gasteiger partial charge is 0.334 e. The van der Waals surface area contributed by atoms with E-state index in [0.29, 0.717) is 17.1 Å². The summed E-state index contributed by atoms with van der Waals surface area (Å²) in [5.41, 5.74) is 1.50. The highest BCUT2D eigenvalue weighted by atomic mass is 35.5. The van der Waals surface area contributed by atoms with Gasteiger partial charge in [0.2, 0.25) is 0 Å². The maximum absolute atomic E-state index is 11.8. The van der Waals surface area contributed by atoms with Gasteiger partial charge in [-0.05, 0) is 31.0 Å². The minimum Gasteiger partial charge on any atom is -0.334 e. The first-order chi connectivity index (χ1) is 8.85. The molecular weight excluding hydrogens is 288 g/mol. The van der Waals surface area contributed by atoms with E-state index in [1.165, 1.54) is 0 Å². The second-order valence-corrected chi connectivity index (χ2v) is 7.32. The molecule has 0 spiro atoms. The number of aryl methyl sites for hydroxylation is 1. The molecule has 0 saturated carbocycles. The van der Waals surface area contributed by atoms with E-state index < -0.39 is 15.9 Å². The van der Waals surface area contributed by atoms with Crippen LogP contribution in [0.1, 0.15) is 12.0 Å². The van der Waals surface area contributed by atoms with E-state index in [2.05, 4.69) is 10.6 Å². The molecule has 5 nitrogen and oxygen atoms in total. The second kappa shape index (κ2) is 5.38. The van der Waals surface area contributed by atoms with Crippen LogP contribution in [0, 0.1) is 6.92 Å². The van der Waals surface area contributed by atoms with Crippen molar-refractivity contribution in [3.8, 4) is 0 Å². The summed E-state index contributed by atoms with van der Waals surface area (Å²) in [4.78, 5) is 11.8. The van der Waals surface area contributed by atoms with Crippen molar-refractivity contribution in [2.75, 3.05) is 16.8 Å². The molecule has 19 heavy (non-hydrogen) atoms. The van der Waals surface area contributed by atoms with Crippen molar-refractivity contribution >= 4 is 33.2 Å². The van der Waals surface area contributed by atoms with Crippen LogP contribution in [-0.2, 0) is 9.84 Å². The first-order valence-corrected chi connectivity index (χ1v) is 8.10. The van der Waals surface area contributed by atoms with Gasteiger partial charge in [0.25, 0.3) is 0 Å². The Morgan fingerprint density at radius 1 is 1.42 bits per heavy atom. The number of benzene rings is 1. The summed E-state index contributed by atoms with van der Waals surface area (Å²) in [6, 6.07) is 4.47. The number of hydrogen-bond donors (Lipinski definition) is 2. The molecule has 1 aliphatic heterocycles. The van der Waals surface area contributed by atoms with Gasteiger partial charge in [0.15, 0.2) is 9.84 Å². The highest BCUT2D eigenvalue weighted by Gasteiger charge is 2.28. The van der Waals surface area contributed by atoms with Crippen LogP contribution in [0.2, 0.25) is 5.02 Å². The summed E-state index contributed by atoms with van der Waals surface area (Å²) in [6.07, 6.45) is 0.463. The zero-order chi connectivity index (χ0) is 14.0. The lowest BCUT2D eigenvalue weighted by Gasteiger charge is -2.13. The molecule has 2 amide bonds. The highest BCUT2D eigenvalue weighted by Crippen LogP contribution is 2.20. The second-order valence-electron chi connectivity index (χ2n) is 4.66. The van der Waals surface area contributed by atoms with Crippen LogP contribution in [-0.4, -0.2) is 32.0 Å². The number of rotatable bonds is 2. The van der Waals surface area contributed by atoms with Crippen molar-refractivity contribution in [2.24, 2.45) is 0 Å². The Bertz CT molecular complexity index is 601. The highest BCUT2D eigenvalue weighted by molar-refractivity contribution is 7.91. The van der Waals surface area contributed by atoms with E-state index >= 15 is 0 Å². The van der Waals surface area contributed by atoms with E-state index in [9.17, 15) is 13.2 Å². The minimum atomic E-state index is -2.99. The normalized spacial score (nSPS) is 21.1. The quantitative estimate of drug-likeness (QED) is 0.877. The van der Waals surface area contributed by atoms with Gasteiger partial charge in [-0.15, -0.1) is 0 Å². The predicted molar refractivity (Wildman–Crippen MR) is 75.4 cm³/mol. The van der Waals surface area contributed by atoms with Gasteiger partial charge in [-0.2, -0.15) is 0 Å². The average molecular weight is 303 g/mol. The van der Waals surface area contributed by atoms with Crippen molar-refractivity contribution < 1.29 is 13.2 Å². The van der Waals surface area contributed by atoms with Crippen LogP contribution in [0.5, 0.6) is 0 Å². The van der Waals surface area contributed by atoms with E-state index in [1.807, 2.05) is 6.92 Å². The summed E-state index contributed by atoms with van der Waals surface area (Å²) in [7, 11) is -2.99. The molecule has 2 rings (SSSR count). The fourth-order valence-corrected chi connectivity index (χ4v) is 3.83. The van der Waals surface area contributed by atoms with E-state index in [4.69, 9.17) is 11.6 Å². The topological polar surface area (TPSA) is 75.3 Å². The van der Waals surface area contributed by atoms with Gasteiger partial charge in [-0.25, -0.2) is 13.2 Å². The van der Waals surface area contributed by atoms with Crippen molar-refractivity contribution in [2.45, 2.75) is 19.4 Å². The molecule has 7 heteroatoms. The number of sulfone groups is 1. The number of halogens is 1. The van der Waals surface area contributed by atoms with Crippen molar-refractivity contribution in [1.82, 2.24) is 5.32 Å². The molecule has 1 unspecified atom stereocenters. The van der Waals surface area contributed by atoms with Crippen molar-refractivity contribution in [3.63, 3.8) is 0 Å². The van der Waals surface area contributed by atoms with Gasteiger partial charge in [0.1, 0.15) is 0 Å². The third-order valence-electron chi connectivity index (χ3n) is 3.02. The molecule has 1 heterocycles. The van der Waals surface area contributed by atoms with E-state index in [1.54, 1.807) is 18.2 Å². The summed E-state index contributed by atoms with van der Waals surface area (Å²) < 4.78 is 22.6. The molecule has 1 aromatic carbocycles. The standard InChI is InChI=1S/C12H15ClN2O3S/c1-8-2-3-9(13)6-11(8)15-12(16)14-10-4-5-19(17,18)7-10/h2-3,6,10H,4-5,7H2,1H3,(H2,14,15,16). The first-order valence-electron chi connectivity index (χ1n) is 5.90. The Morgan fingerprint density at radius 2 is 2.16 bits per heavy atom. The summed E-state index contributed by atoms with van der Waals surface area (Å²) >= 11 is 5.86. The number of carbonyl (C=O) groups is 1. The van der Waals surface area contributed by atoms with Gasteiger partial charge in [0, 0.05) is 16.8 Å². The molecule has 1 aromatic rings. The van der Waals surface area contributed by atoms with Crippen molar-refractivity contribution in [1.29, 1.82) is 0 Å². The van der Waals surface area contributed by atoms with Crippen LogP contribution in [0.25, 0.3) is 0 Å². The lowest BCUT2D eigenvalue weighted by molar-refractivity contribution is 0.249. The van der Waals surface area contributed by atoms with Crippen LogP contribution < -0.4 is 10.6 Å². The molecule has 1 saturated heterocycles.